The normalized spacial score (nSPS) is 20.0. The van der Waals surface area contributed by atoms with Crippen molar-refractivity contribution in [2.75, 3.05) is 0 Å². The maximum Gasteiger partial charge on any atom is 0.354 e. The lowest BCUT2D eigenvalue weighted by molar-refractivity contribution is -0.187. The van der Waals surface area contributed by atoms with Crippen LogP contribution in [0, 0.1) is 5.82 Å². The molecule has 0 bridgehead atoms. The summed E-state index contributed by atoms with van der Waals surface area (Å²) in [4.78, 5) is 17.6. The van der Waals surface area contributed by atoms with E-state index in [-0.39, 0.29) is 18.8 Å². The van der Waals surface area contributed by atoms with Crippen LogP contribution in [0.1, 0.15) is 37.0 Å². The van der Waals surface area contributed by atoms with E-state index in [0.29, 0.717) is 17.7 Å². The van der Waals surface area contributed by atoms with Crippen LogP contribution in [0.5, 0.6) is 0 Å². The number of halogens is 2. The van der Waals surface area contributed by atoms with Gasteiger partial charge in [-0.05, 0) is 41.8 Å². The molecule has 3 rings (SSSR count). The molecule has 0 radical (unpaired) electrons. The topological polar surface area (TPSA) is 68.1 Å². The highest BCUT2D eigenvalue weighted by atomic mass is 79.9. The molecule has 0 spiro atoms. The minimum atomic E-state index is -1.64. The SMILES string of the molecule is CCC1=NOC(C(=O)O)(C(OCc2ccc(F)cc2)c2ccc(Br)cc2)C1. The van der Waals surface area contributed by atoms with Crippen molar-refractivity contribution in [2.45, 2.75) is 38.1 Å². The van der Waals surface area contributed by atoms with Gasteiger partial charge in [0.15, 0.2) is 0 Å². The molecule has 5 nitrogen and oxygen atoms in total. The molecule has 0 fully saturated rings. The van der Waals surface area contributed by atoms with E-state index >= 15 is 0 Å². The summed E-state index contributed by atoms with van der Waals surface area (Å²) in [5, 5.41) is 13.9. The molecule has 142 valence electrons. The van der Waals surface area contributed by atoms with Crippen molar-refractivity contribution in [2.24, 2.45) is 5.16 Å². The standard InChI is InChI=1S/C20H19BrFNO4/c1-2-17-11-20(19(24)25,27-23-17)18(14-5-7-15(21)8-6-14)26-12-13-3-9-16(22)10-4-13/h3-10,18H,2,11-12H2,1H3,(H,24,25). The van der Waals surface area contributed by atoms with E-state index in [9.17, 15) is 14.3 Å². The molecule has 2 aromatic rings. The van der Waals surface area contributed by atoms with Crippen molar-refractivity contribution in [1.82, 2.24) is 0 Å². The molecule has 0 saturated heterocycles. The van der Waals surface area contributed by atoms with E-state index in [1.165, 1.54) is 12.1 Å². The molecule has 0 aliphatic carbocycles. The summed E-state index contributed by atoms with van der Waals surface area (Å²) in [6, 6.07) is 13.1. The summed E-state index contributed by atoms with van der Waals surface area (Å²) >= 11 is 3.38. The van der Waals surface area contributed by atoms with Crippen molar-refractivity contribution in [3.63, 3.8) is 0 Å². The number of benzene rings is 2. The first-order valence-corrected chi connectivity index (χ1v) is 9.32. The Morgan fingerprint density at radius 1 is 1.30 bits per heavy atom. The second-order valence-corrected chi connectivity index (χ2v) is 7.26. The van der Waals surface area contributed by atoms with Crippen LogP contribution in [-0.2, 0) is 21.0 Å². The average Bonchev–Trinajstić information content (AvgIpc) is 3.10. The molecule has 1 N–H and O–H groups in total. The molecule has 0 saturated carbocycles. The quantitative estimate of drug-likeness (QED) is 0.674. The summed E-state index contributed by atoms with van der Waals surface area (Å²) in [5.41, 5.74) is 0.424. The van der Waals surface area contributed by atoms with Crippen molar-refractivity contribution in [3.05, 3.63) is 69.9 Å². The third-order valence-corrected chi connectivity index (χ3v) is 5.03. The van der Waals surface area contributed by atoms with E-state index in [2.05, 4.69) is 21.1 Å². The fourth-order valence-electron chi connectivity index (χ4n) is 2.97. The number of hydrogen-bond acceptors (Lipinski definition) is 4. The maximum atomic E-state index is 13.1. The molecule has 27 heavy (non-hydrogen) atoms. The Bertz CT molecular complexity index is 838. The smallest absolute Gasteiger partial charge is 0.354 e. The van der Waals surface area contributed by atoms with Crippen LogP contribution in [0.4, 0.5) is 4.39 Å². The molecule has 1 aliphatic heterocycles. The Morgan fingerprint density at radius 2 is 1.96 bits per heavy atom. The Hall–Kier alpha value is -2.25. The van der Waals surface area contributed by atoms with E-state index in [0.717, 1.165) is 10.0 Å². The first kappa shape index (κ1) is 19.5. The van der Waals surface area contributed by atoms with Gasteiger partial charge in [-0.1, -0.05) is 52.3 Å². The largest absolute Gasteiger partial charge is 0.478 e. The minimum absolute atomic E-state index is 0.112. The second kappa shape index (κ2) is 8.19. The molecule has 2 atom stereocenters. The molecule has 1 heterocycles. The third-order valence-electron chi connectivity index (χ3n) is 4.50. The molecule has 1 aliphatic rings. The van der Waals surface area contributed by atoms with Gasteiger partial charge in [-0.25, -0.2) is 9.18 Å². The highest BCUT2D eigenvalue weighted by Gasteiger charge is 2.54. The number of hydrogen-bond donors (Lipinski definition) is 1. The summed E-state index contributed by atoms with van der Waals surface area (Å²) in [5.74, 6) is -1.48. The number of aliphatic carboxylic acids is 1. The van der Waals surface area contributed by atoms with Crippen LogP contribution in [-0.4, -0.2) is 22.4 Å². The Kier molecular flexibility index (Phi) is 5.92. The molecule has 2 unspecified atom stereocenters. The summed E-state index contributed by atoms with van der Waals surface area (Å²) < 4.78 is 20.0. The predicted molar refractivity (Wildman–Crippen MR) is 102 cm³/mol. The van der Waals surface area contributed by atoms with Crippen LogP contribution in [0.3, 0.4) is 0 Å². The maximum absolute atomic E-state index is 13.1. The summed E-state index contributed by atoms with van der Waals surface area (Å²) in [7, 11) is 0. The van der Waals surface area contributed by atoms with Crippen LogP contribution < -0.4 is 0 Å². The molecule has 0 amide bonds. The highest BCUT2D eigenvalue weighted by molar-refractivity contribution is 9.10. The van der Waals surface area contributed by atoms with Gasteiger partial charge in [0.2, 0.25) is 0 Å². The number of carbonyl (C=O) groups is 1. The zero-order valence-electron chi connectivity index (χ0n) is 14.7. The predicted octanol–water partition coefficient (Wildman–Crippen LogP) is 4.86. The van der Waals surface area contributed by atoms with Crippen LogP contribution in [0.25, 0.3) is 0 Å². The first-order chi connectivity index (χ1) is 12.9. The number of nitrogens with zero attached hydrogens (tertiary/aromatic N) is 1. The van der Waals surface area contributed by atoms with Crippen LogP contribution in [0.2, 0.25) is 0 Å². The van der Waals surface area contributed by atoms with Crippen molar-refractivity contribution < 1.29 is 23.9 Å². The molecular formula is C20H19BrFNO4. The van der Waals surface area contributed by atoms with E-state index in [1.54, 1.807) is 24.3 Å². The summed E-state index contributed by atoms with van der Waals surface area (Å²) in [6.07, 6.45) is -0.149. The fraction of sp³-hybridized carbons (Fsp3) is 0.300. The van der Waals surface area contributed by atoms with Gasteiger partial charge >= 0.3 is 5.97 Å². The highest BCUT2D eigenvalue weighted by Crippen LogP contribution is 2.41. The van der Waals surface area contributed by atoms with Gasteiger partial charge in [-0.2, -0.15) is 0 Å². The van der Waals surface area contributed by atoms with Gasteiger partial charge < -0.3 is 14.7 Å². The zero-order chi connectivity index (χ0) is 19.4. The van der Waals surface area contributed by atoms with Gasteiger partial charge in [-0.15, -0.1) is 0 Å². The van der Waals surface area contributed by atoms with Gasteiger partial charge in [0.25, 0.3) is 5.60 Å². The lowest BCUT2D eigenvalue weighted by Crippen LogP contribution is -2.46. The minimum Gasteiger partial charge on any atom is -0.478 e. The number of rotatable bonds is 7. The molecule has 2 aromatic carbocycles. The van der Waals surface area contributed by atoms with E-state index in [1.807, 2.05) is 19.1 Å². The number of ether oxygens (including phenoxy) is 1. The van der Waals surface area contributed by atoms with E-state index in [4.69, 9.17) is 9.57 Å². The number of carboxylic acid groups (broad SMARTS) is 1. The van der Waals surface area contributed by atoms with Crippen LogP contribution >= 0.6 is 15.9 Å². The number of carboxylic acids is 1. The van der Waals surface area contributed by atoms with Gasteiger partial charge in [0.05, 0.1) is 12.3 Å². The van der Waals surface area contributed by atoms with Gasteiger partial charge in [0, 0.05) is 10.9 Å². The number of oxime groups is 1. The zero-order valence-corrected chi connectivity index (χ0v) is 16.3. The lowest BCUT2D eigenvalue weighted by Gasteiger charge is -2.31. The second-order valence-electron chi connectivity index (χ2n) is 6.34. The van der Waals surface area contributed by atoms with Gasteiger partial charge in [-0.3, -0.25) is 0 Å². The van der Waals surface area contributed by atoms with Crippen molar-refractivity contribution in [3.8, 4) is 0 Å². The molecule has 7 heteroatoms. The first-order valence-electron chi connectivity index (χ1n) is 8.53. The van der Waals surface area contributed by atoms with Crippen LogP contribution in [0.15, 0.2) is 58.2 Å². The lowest BCUT2D eigenvalue weighted by atomic mass is 9.86. The van der Waals surface area contributed by atoms with Crippen molar-refractivity contribution >= 4 is 27.6 Å². The van der Waals surface area contributed by atoms with Crippen molar-refractivity contribution in [1.29, 1.82) is 0 Å². The van der Waals surface area contributed by atoms with Gasteiger partial charge in [0.1, 0.15) is 11.9 Å². The Labute approximate surface area is 164 Å². The fourth-order valence-corrected chi connectivity index (χ4v) is 3.23. The van der Waals surface area contributed by atoms with E-state index < -0.39 is 17.7 Å². The summed E-state index contributed by atoms with van der Waals surface area (Å²) in [6.45, 7) is 2.01. The average molecular weight is 436 g/mol. The monoisotopic (exact) mass is 435 g/mol. The Balaban J connectivity index is 1.92. The third kappa shape index (κ3) is 4.20. The molecule has 0 aromatic heterocycles. The molecular weight excluding hydrogens is 417 g/mol. The Morgan fingerprint density at radius 3 is 2.52 bits per heavy atom.